The average molecular weight is 261 g/mol. The van der Waals surface area contributed by atoms with Crippen LogP contribution in [0.3, 0.4) is 0 Å². The first-order valence-corrected chi connectivity index (χ1v) is 6.47. The van der Waals surface area contributed by atoms with E-state index >= 15 is 0 Å². The zero-order valence-corrected chi connectivity index (χ0v) is 11.6. The number of rotatable bonds is 5. The van der Waals surface area contributed by atoms with Crippen molar-refractivity contribution in [3.05, 3.63) is 35.4 Å². The summed E-state index contributed by atoms with van der Waals surface area (Å²) in [5.41, 5.74) is 2.52. The van der Waals surface area contributed by atoms with Crippen molar-refractivity contribution in [3.8, 4) is 0 Å². The number of aryl methyl sites for hydroxylation is 2. The molecular formula is C13H19N5O. The molecular weight excluding hydrogens is 242 g/mol. The molecule has 0 bridgehead atoms. The van der Waals surface area contributed by atoms with E-state index in [0.717, 1.165) is 24.3 Å². The van der Waals surface area contributed by atoms with Crippen LogP contribution in [0, 0.1) is 6.92 Å². The van der Waals surface area contributed by atoms with Crippen molar-refractivity contribution in [1.82, 2.24) is 24.9 Å². The highest BCUT2D eigenvalue weighted by atomic mass is 16.1. The fraction of sp³-hybridized carbons (Fsp3) is 0.462. The maximum absolute atomic E-state index is 12.1. The first-order chi connectivity index (χ1) is 9.15. The largest absolute Gasteiger partial charge is 0.348 e. The van der Waals surface area contributed by atoms with E-state index in [1.807, 2.05) is 36.3 Å². The van der Waals surface area contributed by atoms with Gasteiger partial charge in [0.15, 0.2) is 0 Å². The molecule has 0 aliphatic rings. The smallest absolute Gasteiger partial charge is 0.255 e. The van der Waals surface area contributed by atoms with Gasteiger partial charge < -0.3 is 5.32 Å². The zero-order chi connectivity index (χ0) is 13.8. The Morgan fingerprint density at radius 1 is 1.26 bits per heavy atom. The normalized spacial score (nSPS) is 10.7. The van der Waals surface area contributed by atoms with E-state index in [4.69, 9.17) is 0 Å². The van der Waals surface area contributed by atoms with Crippen LogP contribution in [0.4, 0.5) is 0 Å². The van der Waals surface area contributed by atoms with E-state index in [2.05, 4.69) is 15.5 Å². The molecule has 0 saturated heterocycles. The second-order valence-corrected chi connectivity index (χ2v) is 4.35. The lowest BCUT2D eigenvalue weighted by Crippen LogP contribution is -2.23. The number of carbonyl (C=O) groups is 1. The third kappa shape index (κ3) is 2.83. The van der Waals surface area contributed by atoms with E-state index in [1.54, 1.807) is 12.4 Å². The van der Waals surface area contributed by atoms with Gasteiger partial charge in [-0.1, -0.05) is 0 Å². The molecule has 102 valence electrons. The summed E-state index contributed by atoms with van der Waals surface area (Å²) in [6.45, 7) is 8.01. The Balaban J connectivity index is 1.99. The summed E-state index contributed by atoms with van der Waals surface area (Å²) in [4.78, 5) is 12.1. The number of aromatic nitrogens is 4. The quantitative estimate of drug-likeness (QED) is 0.883. The van der Waals surface area contributed by atoms with E-state index in [9.17, 15) is 4.79 Å². The summed E-state index contributed by atoms with van der Waals surface area (Å²) < 4.78 is 3.64. The molecule has 0 aliphatic heterocycles. The first-order valence-electron chi connectivity index (χ1n) is 6.47. The summed E-state index contributed by atoms with van der Waals surface area (Å²) in [5, 5.41) is 11.2. The van der Waals surface area contributed by atoms with Gasteiger partial charge in [-0.3, -0.25) is 14.2 Å². The topological polar surface area (TPSA) is 64.7 Å². The van der Waals surface area contributed by atoms with Crippen LogP contribution in [0.25, 0.3) is 0 Å². The standard InChI is InChI=1S/C13H19N5O/c1-4-17-9-11(7-15-17)6-14-13(19)12-8-16-18(5-2)10(12)3/h7-9H,4-6H2,1-3H3,(H,14,19). The lowest BCUT2D eigenvalue weighted by atomic mass is 10.2. The molecule has 2 rings (SSSR count). The second-order valence-electron chi connectivity index (χ2n) is 4.35. The Kier molecular flexibility index (Phi) is 3.99. The van der Waals surface area contributed by atoms with Crippen molar-refractivity contribution in [3.63, 3.8) is 0 Å². The van der Waals surface area contributed by atoms with Gasteiger partial charge in [0, 0.05) is 37.1 Å². The van der Waals surface area contributed by atoms with Gasteiger partial charge in [0.1, 0.15) is 0 Å². The molecule has 0 saturated carbocycles. The molecule has 0 spiro atoms. The number of hydrogen-bond acceptors (Lipinski definition) is 3. The molecule has 1 amide bonds. The molecule has 19 heavy (non-hydrogen) atoms. The third-order valence-corrected chi connectivity index (χ3v) is 3.11. The zero-order valence-electron chi connectivity index (χ0n) is 11.6. The molecule has 6 heteroatoms. The van der Waals surface area contributed by atoms with Crippen molar-refractivity contribution in [2.45, 2.75) is 40.4 Å². The van der Waals surface area contributed by atoms with Gasteiger partial charge in [-0.25, -0.2) is 0 Å². The molecule has 0 unspecified atom stereocenters. The fourth-order valence-corrected chi connectivity index (χ4v) is 1.94. The van der Waals surface area contributed by atoms with Crippen LogP contribution in [-0.4, -0.2) is 25.5 Å². The highest BCUT2D eigenvalue weighted by molar-refractivity contribution is 5.94. The van der Waals surface area contributed by atoms with Crippen LogP contribution in [0.1, 0.15) is 35.5 Å². The van der Waals surface area contributed by atoms with Gasteiger partial charge in [-0.15, -0.1) is 0 Å². The van der Waals surface area contributed by atoms with Gasteiger partial charge >= 0.3 is 0 Å². The molecule has 0 fully saturated rings. The van der Waals surface area contributed by atoms with Crippen molar-refractivity contribution in [2.75, 3.05) is 0 Å². The minimum Gasteiger partial charge on any atom is -0.348 e. The van der Waals surface area contributed by atoms with E-state index in [1.165, 1.54) is 0 Å². The lowest BCUT2D eigenvalue weighted by molar-refractivity contribution is 0.0950. The summed E-state index contributed by atoms with van der Waals surface area (Å²) >= 11 is 0. The minimum absolute atomic E-state index is 0.0959. The molecule has 0 aromatic carbocycles. The van der Waals surface area contributed by atoms with Crippen molar-refractivity contribution in [1.29, 1.82) is 0 Å². The fourth-order valence-electron chi connectivity index (χ4n) is 1.94. The Labute approximate surface area is 112 Å². The highest BCUT2D eigenvalue weighted by Crippen LogP contribution is 2.07. The third-order valence-electron chi connectivity index (χ3n) is 3.11. The van der Waals surface area contributed by atoms with Crippen LogP contribution in [0.15, 0.2) is 18.6 Å². The number of hydrogen-bond donors (Lipinski definition) is 1. The van der Waals surface area contributed by atoms with Crippen molar-refractivity contribution in [2.24, 2.45) is 0 Å². The average Bonchev–Trinajstić information content (AvgIpc) is 3.02. The predicted octanol–water partition coefficient (Wildman–Crippen LogP) is 1.36. The lowest BCUT2D eigenvalue weighted by Gasteiger charge is -2.04. The van der Waals surface area contributed by atoms with Gasteiger partial charge in [-0.2, -0.15) is 10.2 Å². The minimum atomic E-state index is -0.0959. The van der Waals surface area contributed by atoms with Crippen LogP contribution in [0.2, 0.25) is 0 Å². The number of carbonyl (C=O) groups excluding carboxylic acids is 1. The number of nitrogens with one attached hydrogen (secondary N) is 1. The second kappa shape index (κ2) is 5.69. The first kappa shape index (κ1) is 13.3. The van der Waals surface area contributed by atoms with Crippen LogP contribution >= 0.6 is 0 Å². The Morgan fingerprint density at radius 3 is 2.63 bits per heavy atom. The van der Waals surface area contributed by atoms with Crippen LogP contribution in [0.5, 0.6) is 0 Å². The molecule has 2 aromatic rings. The van der Waals surface area contributed by atoms with Crippen molar-refractivity contribution >= 4 is 5.91 Å². The Hall–Kier alpha value is -2.11. The van der Waals surface area contributed by atoms with E-state index < -0.39 is 0 Å². The van der Waals surface area contributed by atoms with E-state index in [-0.39, 0.29) is 5.91 Å². The van der Waals surface area contributed by atoms with Gasteiger partial charge in [0.25, 0.3) is 5.91 Å². The molecule has 2 aromatic heterocycles. The van der Waals surface area contributed by atoms with Gasteiger partial charge in [-0.05, 0) is 20.8 Å². The van der Waals surface area contributed by atoms with Gasteiger partial charge in [0.05, 0.1) is 18.0 Å². The molecule has 1 N–H and O–H groups in total. The predicted molar refractivity (Wildman–Crippen MR) is 71.7 cm³/mol. The maximum Gasteiger partial charge on any atom is 0.255 e. The molecule has 0 atom stereocenters. The molecule has 0 aliphatic carbocycles. The molecule has 0 radical (unpaired) electrons. The summed E-state index contributed by atoms with van der Waals surface area (Å²) in [6, 6.07) is 0. The maximum atomic E-state index is 12.1. The van der Waals surface area contributed by atoms with Crippen LogP contribution < -0.4 is 5.32 Å². The van der Waals surface area contributed by atoms with Crippen molar-refractivity contribution < 1.29 is 4.79 Å². The Morgan fingerprint density at radius 2 is 2.05 bits per heavy atom. The Bertz CT molecular complexity index is 569. The number of amides is 1. The summed E-state index contributed by atoms with van der Waals surface area (Å²) in [7, 11) is 0. The monoisotopic (exact) mass is 261 g/mol. The van der Waals surface area contributed by atoms with Crippen LogP contribution in [-0.2, 0) is 19.6 Å². The van der Waals surface area contributed by atoms with E-state index in [0.29, 0.717) is 12.1 Å². The number of nitrogens with zero attached hydrogens (tertiary/aromatic N) is 4. The molecule has 2 heterocycles. The van der Waals surface area contributed by atoms with Gasteiger partial charge in [0.2, 0.25) is 0 Å². The molecule has 6 nitrogen and oxygen atoms in total. The summed E-state index contributed by atoms with van der Waals surface area (Å²) in [6.07, 6.45) is 5.32. The SMILES string of the molecule is CCn1cc(CNC(=O)c2cnn(CC)c2C)cn1. The summed E-state index contributed by atoms with van der Waals surface area (Å²) in [5.74, 6) is -0.0959. The highest BCUT2D eigenvalue weighted by Gasteiger charge is 2.13.